The molecule has 0 aromatic heterocycles. The number of piperidine rings is 1. The summed E-state index contributed by atoms with van der Waals surface area (Å²) in [6, 6.07) is 0.0937. The quantitative estimate of drug-likeness (QED) is 0.791. The van der Waals surface area contributed by atoms with E-state index in [9.17, 15) is 4.79 Å². The van der Waals surface area contributed by atoms with E-state index in [4.69, 9.17) is 4.74 Å². The fourth-order valence-corrected chi connectivity index (χ4v) is 2.80. The van der Waals surface area contributed by atoms with E-state index in [-0.39, 0.29) is 12.1 Å². The van der Waals surface area contributed by atoms with E-state index in [1.54, 1.807) is 0 Å². The minimum atomic E-state index is -0.453. The molecule has 1 rings (SSSR count). The monoisotopic (exact) mass is 313 g/mol. The second kappa shape index (κ2) is 8.73. The molecule has 0 aromatic carbocycles. The first-order chi connectivity index (χ1) is 10.2. The number of likely N-dealkylation sites (tertiary alicyclic amines) is 1. The van der Waals surface area contributed by atoms with E-state index in [1.165, 1.54) is 25.9 Å². The maximum absolute atomic E-state index is 11.9. The Labute approximate surface area is 136 Å². The molecule has 1 heterocycles. The lowest BCUT2D eigenvalue weighted by atomic mass is 9.98. The van der Waals surface area contributed by atoms with E-state index < -0.39 is 5.60 Å². The van der Waals surface area contributed by atoms with E-state index in [2.05, 4.69) is 36.4 Å². The number of carbonyl (C=O) groups excluding carboxylic acids is 1. The molecule has 5 heteroatoms. The van der Waals surface area contributed by atoms with E-state index in [0.29, 0.717) is 11.8 Å². The third kappa shape index (κ3) is 7.99. The first-order valence-corrected chi connectivity index (χ1v) is 8.56. The normalized spacial score (nSPS) is 21.7. The Hall–Kier alpha value is -0.810. The van der Waals surface area contributed by atoms with E-state index in [0.717, 1.165) is 13.1 Å². The van der Waals surface area contributed by atoms with Gasteiger partial charge in [-0.1, -0.05) is 13.8 Å². The molecule has 5 nitrogen and oxygen atoms in total. The summed E-state index contributed by atoms with van der Waals surface area (Å²) in [5.74, 6) is 1.09. The molecule has 0 aromatic rings. The Morgan fingerprint density at radius 3 is 2.59 bits per heavy atom. The molecular weight excluding hydrogens is 278 g/mol. The minimum absolute atomic E-state index is 0.0937. The van der Waals surface area contributed by atoms with Crippen molar-refractivity contribution in [3.63, 3.8) is 0 Å². The van der Waals surface area contributed by atoms with Crippen molar-refractivity contribution in [2.45, 2.75) is 59.1 Å². The van der Waals surface area contributed by atoms with Gasteiger partial charge < -0.3 is 20.3 Å². The Balaban J connectivity index is 2.33. The zero-order valence-electron chi connectivity index (χ0n) is 15.2. The highest BCUT2D eigenvalue weighted by molar-refractivity contribution is 5.68. The van der Waals surface area contributed by atoms with Crippen molar-refractivity contribution < 1.29 is 9.53 Å². The standard InChI is InChI=1S/C17H35N3O2/c1-13(2)15(19-16(21)22-17(3,4)5)11-18-10-14-8-7-9-20(6)12-14/h13-15,18H,7-12H2,1-6H3,(H,19,21). The molecule has 0 spiro atoms. The molecule has 1 fully saturated rings. The van der Waals surface area contributed by atoms with Gasteiger partial charge in [-0.15, -0.1) is 0 Å². The van der Waals surface area contributed by atoms with Crippen LogP contribution in [0.5, 0.6) is 0 Å². The largest absolute Gasteiger partial charge is 0.444 e. The van der Waals surface area contributed by atoms with Crippen molar-refractivity contribution in [3.8, 4) is 0 Å². The Morgan fingerprint density at radius 1 is 1.36 bits per heavy atom. The number of rotatable bonds is 6. The van der Waals surface area contributed by atoms with Crippen LogP contribution in [0.15, 0.2) is 0 Å². The number of hydrogen-bond acceptors (Lipinski definition) is 4. The van der Waals surface area contributed by atoms with Gasteiger partial charge in [-0.25, -0.2) is 4.79 Å². The minimum Gasteiger partial charge on any atom is -0.444 e. The van der Waals surface area contributed by atoms with Gasteiger partial charge >= 0.3 is 6.09 Å². The number of amides is 1. The summed E-state index contributed by atoms with van der Waals surface area (Å²) in [5, 5.41) is 6.51. The zero-order valence-corrected chi connectivity index (χ0v) is 15.2. The van der Waals surface area contributed by atoms with Gasteiger partial charge in [0.1, 0.15) is 5.60 Å². The molecule has 0 aliphatic carbocycles. The summed E-state index contributed by atoms with van der Waals surface area (Å²) in [6.45, 7) is 14.1. The highest BCUT2D eigenvalue weighted by Crippen LogP contribution is 2.14. The predicted octanol–water partition coefficient (Wildman–Crippen LogP) is 2.47. The fraction of sp³-hybridized carbons (Fsp3) is 0.941. The number of alkyl carbamates (subject to hydrolysis) is 1. The summed E-state index contributed by atoms with van der Waals surface area (Å²) in [7, 11) is 2.19. The van der Waals surface area contributed by atoms with Crippen LogP contribution in [0.25, 0.3) is 0 Å². The highest BCUT2D eigenvalue weighted by atomic mass is 16.6. The van der Waals surface area contributed by atoms with Crippen LogP contribution in [0.2, 0.25) is 0 Å². The second-order valence-electron chi connectivity index (χ2n) is 7.93. The van der Waals surface area contributed by atoms with Crippen LogP contribution >= 0.6 is 0 Å². The van der Waals surface area contributed by atoms with E-state index >= 15 is 0 Å². The third-order valence-corrected chi connectivity index (χ3v) is 4.03. The van der Waals surface area contributed by atoms with Crippen molar-refractivity contribution in [1.82, 2.24) is 15.5 Å². The van der Waals surface area contributed by atoms with Crippen LogP contribution in [-0.4, -0.2) is 55.9 Å². The third-order valence-electron chi connectivity index (χ3n) is 4.03. The molecule has 130 valence electrons. The fourth-order valence-electron chi connectivity index (χ4n) is 2.80. The summed E-state index contributed by atoms with van der Waals surface area (Å²) >= 11 is 0. The number of nitrogens with one attached hydrogen (secondary N) is 2. The number of carbonyl (C=O) groups is 1. The van der Waals surface area contributed by atoms with Crippen LogP contribution in [0.4, 0.5) is 4.79 Å². The predicted molar refractivity (Wildman–Crippen MR) is 91.1 cm³/mol. The Morgan fingerprint density at radius 2 is 2.05 bits per heavy atom. The highest BCUT2D eigenvalue weighted by Gasteiger charge is 2.22. The van der Waals surface area contributed by atoms with Gasteiger partial charge in [-0.3, -0.25) is 0 Å². The summed E-state index contributed by atoms with van der Waals surface area (Å²) in [4.78, 5) is 14.3. The van der Waals surface area contributed by atoms with Crippen molar-refractivity contribution in [3.05, 3.63) is 0 Å². The van der Waals surface area contributed by atoms with Crippen LogP contribution in [0.1, 0.15) is 47.5 Å². The molecule has 22 heavy (non-hydrogen) atoms. The lowest BCUT2D eigenvalue weighted by Gasteiger charge is -2.31. The first kappa shape index (κ1) is 19.2. The van der Waals surface area contributed by atoms with Crippen LogP contribution in [0, 0.1) is 11.8 Å². The van der Waals surface area contributed by atoms with Gasteiger partial charge in [0.05, 0.1) is 0 Å². The van der Waals surface area contributed by atoms with Gasteiger partial charge in [0, 0.05) is 19.1 Å². The summed E-state index contributed by atoms with van der Waals surface area (Å²) < 4.78 is 5.34. The molecule has 2 unspecified atom stereocenters. The maximum Gasteiger partial charge on any atom is 0.407 e. The molecule has 2 atom stereocenters. The summed E-state index contributed by atoms with van der Waals surface area (Å²) in [5.41, 5.74) is -0.453. The van der Waals surface area contributed by atoms with Gasteiger partial charge in [0.25, 0.3) is 0 Å². The van der Waals surface area contributed by atoms with Crippen LogP contribution in [-0.2, 0) is 4.74 Å². The SMILES string of the molecule is CC(C)C(CNCC1CCCN(C)C1)NC(=O)OC(C)(C)C. The molecule has 1 saturated heterocycles. The molecule has 2 N–H and O–H groups in total. The number of nitrogens with zero attached hydrogens (tertiary/aromatic N) is 1. The molecular formula is C17H35N3O2. The maximum atomic E-state index is 11.9. The van der Waals surface area contributed by atoms with Crippen molar-refractivity contribution in [2.24, 2.45) is 11.8 Å². The zero-order chi connectivity index (χ0) is 16.8. The molecule has 0 bridgehead atoms. The molecule has 1 aliphatic heterocycles. The number of ether oxygens (including phenoxy) is 1. The second-order valence-corrected chi connectivity index (χ2v) is 7.93. The Bertz CT molecular complexity index is 339. The van der Waals surface area contributed by atoms with Gasteiger partial charge in [0.2, 0.25) is 0 Å². The summed E-state index contributed by atoms with van der Waals surface area (Å²) in [6.07, 6.45) is 2.25. The van der Waals surface area contributed by atoms with Crippen LogP contribution in [0.3, 0.4) is 0 Å². The molecule has 1 aliphatic rings. The average molecular weight is 313 g/mol. The smallest absolute Gasteiger partial charge is 0.407 e. The lowest BCUT2D eigenvalue weighted by molar-refractivity contribution is 0.0489. The van der Waals surface area contributed by atoms with Crippen molar-refractivity contribution >= 4 is 6.09 Å². The van der Waals surface area contributed by atoms with E-state index in [1.807, 2.05) is 20.8 Å². The van der Waals surface area contributed by atoms with Crippen molar-refractivity contribution in [1.29, 1.82) is 0 Å². The Kier molecular flexibility index (Phi) is 7.63. The van der Waals surface area contributed by atoms with Gasteiger partial charge in [0.15, 0.2) is 0 Å². The molecule has 0 saturated carbocycles. The van der Waals surface area contributed by atoms with Gasteiger partial charge in [-0.05, 0) is 65.6 Å². The van der Waals surface area contributed by atoms with Crippen LogP contribution < -0.4 is 10.6 Å². The molecule has 1 amide bonds. The average Bonchev–Trinajstić information content (AvgIpc) is 2.35. The first-order valence-electron chi connectivity index (χ1n) is 8.56. The number of hydrogen-bond donors (Lipinski definition) is 2. The lowest BCUT2D eigenvalue weighted by Crippen LogP contribution is -2.48. The molecule has 0 radical (unpaired) electrons. The topological polar surface area (TPSA) is 53.6 Å². The van der Waals surface area contributed by atoms with Gasteiger partial charge in [-0.2, -0.15) is 0 Å². The van der Waals surface area contributed by atoms with Crippen molar-refractivity contribution in [2.75, 3.05) is 33.2 Å².